The predicted octanol–water partition coefficient (Wildman–Crippen LogP) is 1.20. The van der Waals surface area contributed by atoms with Crippen LogP contribution < -0.4 is 0 Å². The Morgan fingerprint density at radius 3 is 2.90 bits per heavy atom. The van der Waals surface area contributed by atoms with Crippen molar-refractivity contribution < 1.29 is 14.1 Å². The molecule has 1 aromatic heterocycles. The summed E-state index contributed by atoms with van der Waals surface area (Å²) in [7, 11) is 1.75. The van der Waals surface area contributed by atoms with Gasteiger partial charge < -0.3 is 14.3 Å². The van der Waals surface area contributed by atoms with Crippen LogP contribution in [0.2, 0.25) is 0 Å². The fraction of sp³-hybridized carbons (Fsp3) is 0.667. The Balaban J connectivity index is 1.55. The first-order valence-corrected chi connectivity index (χ1v) is 7.48. The SMILES string of the molecule is Cc1cc(CN(C)C(=O)[C@H]2CC(=O)N(CC3CC3)C2)no1. The highest BCUT2D eigenvalue weighted by atomic mass is 16.5. The maximum absolute atomic E-state index is 12.4. The molecule has 6 nitrogen and oxygen atoms in total. The zero-order valence-corrected chi connectivity index (χ0v) is 12.5. The number of rotatable bonds is 5. The number of hydrogen-bond acceptors (Lipinski definition) is 4. The molecule has 1 saturated heterocycles. The number of aryl methyl sites for hydroxylation is 1. The van der Waals surface area contributed by atoms with Crippen molar-refractivity contribution in [2.24, 2.45) is 11.8 Å². The lowest BCUT2D eigenvalue weighted by molar-refractivity contribution is -0.135. The number of hydrogen-bond donors (Lipinski definition) is 0. The van der Waals surface area contributed by atoms with Gasteiger partial charge in [0.2, 0.25) is 11.8 Å². The first-order chi connectivity index (χ1) is 10.0. The van der Waals surface area contributed by atoms with Gasteiger partial charge in [0.15, 0.2) is 0 Å². The van der Waals surface area contributed by atoms with Crippen LogP contribution in [0.25, 0.3) is 0 Å². The van der Waals surface area contributed by atoms with Crippen molar-refractivity contribution in [2.45, 2.75) is 32.7 Å². The molecule has 21 heavy (non-hydrogen) atoms. The zero-order chi connectivity index (χ0) is 15.0. The summed E-state index contributed by atoms with van der Waals surface area (Å²) in [5, 5.41) is 3.90. The number of nitrogens with zero attached hydrogens (tertiary/aromatic N) is 3. The van der Waals surface area contributed by atoms with Crippen LogP contribution in [0.3, 0.4) is 0 Å². The van der Waals surface area contributed by atoms with E-state index in [4.69, 9.17) is 4.52 Å². The van der Waals surface area contributed by atoms with Crippen molar-refractivity contribution in [1.29, 1.82) is 0 Å². The summed E-state index contributed by atoms with van der Waals surface area (Å²) in [6.45, 7) is 3.64. The molecule has 0 spiro atoms. The summed E-state index contributed by atoms with van der Waals surface area (Å²) >= 11 is 0. The van der Waals surface area contributed by atoms with Gasteiger partial charge in [-0.05, 0) is 25.7 Å². The van der Waals surface area contributed by atoms with Crippen molar-refractivity contribution in [3.05, 3.63) is 17.5 Å². The van der Waals surface area contributed by atoms with Gasteiger partial charge in [-0.2, -0.15) is 0 Å². The molecule has 1 atom stereocenters. The molecule has 1 aromatic rings. The summed E-state index contributed by atoms with van der Waals surface area (Å²) in [5.74, 6) is 1.32. The summed E-state index contributed by atoms with van der Waals surface area (Å²) in [6.07, 6.45) is 2.77. The monoisotopic (exact) mass is 291 g/mol. The zero-order valence-electron chi connectivity index (χ0n) is 12.5. The topological polar surface area (TPSA) is 66.7 Å². The standard InChI is InChI=1S/C15H21N3O3/c1-10-5-13(16-21-10)9-17(2)15(20)12-6-14(19)18(8-12)7-11-3-4-11/h5,11-12H,3-4,6-9H2,1-2H3/t12-/m0/s1. The van der Waals surface area contributed by atoms with E-state index in [1.54, 1.807) is 11.9 Å². The highest BCUT2D eigenvalue weighted by Gasteiger charge is 2.38. The Labute approximate surface area is 124 Å². The summed E-state index contributed by atoms with van der Waals surface area (Å²) in [4.78, 5) is 27.9. The van der Waals surface area contributed by atoms with Crippen molar-refractivity contribution in [3.63, 3.8) is 0 Å². The van der Waals surface area contributed by atoms with Gasteiger partial charge in [-0.15, -0.1) is 0 Å². The van der Waals surface area contributed by atoms with E-state index in [2.05, 4.69) is 5.16 Å². The molecule has 0 radical (unpaired) electrons. The highest BCUT2D eigenvalue weighted by molar-refractivity contribution is 5.89. The Hall–Kier alpha value is -1.85. The van der Waals surface area contributed by atoms with E-state index in [-0.39, 0.29) is 17.7 Å². The van der Waals surface area contributed by atoms with Crippen LogP contribution in [0, 0.1) is 18.8 Å². The number of carbonyl (C=O) groups is 2. The largest absolute Gasteiger partial charge is 0.361 e. The molecule has 1 aliphatic carbocycles. The molecule has 114 valence electrons. The molecule has 2 amide bonds. The second-order valence-electron chi connectivity index (χ2n) is 6.27. The third kappa shape index (κ3) is 3.25. The molecule has 3 rings (SSSR count). The second kappa shape index (κ2) is 5.50. The minimum atomic E-state index is -0.214. The molecule has 2 aliphatic rings. The second-order valence-corrected chi connectivity index (χ2v) is 6.27. The van der Waals surface area contributed by atoms with E-state index in [0.29, 0.717) is 25.4 Å². The average molecular weight is 291 g/mol. The van der Waals surface area contributed by atoms with Gasteiger partial charge in [0.1, 0.15) is 11.5 Å². The van der Waals surface area contributed by atoms with E-state index in [0.717, 1.165) is 18.0 Å². The normalized spacial score (nSPS) is 21.9. The van der Waals surface area contributed by atoms with Crippen LogP contribution >= 0.6 is 0 Å². The summed E-state index contributed by atoms with van der Waals surface area (Å²) in [5.41, 5.74) is 0.738. The summed E-state index contributed by atoms with van der Waals surface area (Å²) < 4.78 is 5.01. The van der Waals surface area contributed by atoms with E-state index in [9.17, 15) is 9.59 Å². The van der Waals surface area contributed by atoms with E-state index >= 15 is 0 Å². The quantitative estimate of drug-likeness (QED) is 0.817. The van der Waals surface area contributed by atoms with Crippen LogP contribution in [0.1, 0.15) is 30.7 Å². The number of amides is 2. The van der Waals surface area contributed by atoms with Gasteiger partial charge in [0, 0.05) is 32.6 Å². The fourth-order valence-corrected chi connectivity index (χ4v) is 2.85. The number of likely N-dealkylation sites (tertiary alicyclic amines) is 1. The first-order valence-electron chi connectivity index (χ1n) is 7.48. The molecule has 1 aliphatic heterocycles. The van der Waals surface area contributed by atoms with Crippen LogP contribution in [-0.4, -0.2) is 46.9 Å². The molecular weight excluding hydrogens is 270 g/mol. The smallest absolute Gasteiger partial charge is 0.228 e. The third-order valence-corrected chi connectivity index (χ3v) is 4.19. The average Bonchev–Trinajstić information content (AvgIpc) is 3.06. The molecule has 0 bridgehead atoms. The van der Waals surface area contributed by atoms with Gasteiger partial charge in [-0.25, -0.2) is 0 Å². The molecule has 6 heteroatoms. The molecule has 0 unspecified atom stereocenters. The maximum Gasteiger partial charge on any atom is 0.228 e. The van der Waals surface area contributed by atoms with Crippen LogP contribution in [0.4, 0.5) is 0 Å². The van der Waals surface area contributed by atoms with Gasteiger partial charge in [-0.1, -0.05) is 5.16 Å². The van der Waals surface area contributed by atoms with Crippen molar-refractivity contribution >= 4 is 11.8 Å². The Morgan fingerprint density at radius 1 is 1.52 bits per heavy atom. The van der Waals surface area contributed by atoms with E-state index in [1.165, 1.54) is 12.8 Å². The summed E-state index contributed by atoms with van der Waals surface area (Å²) in [6, 6.07) is 1.82. The van der Waals surface area contributed by atoms with Gasteiger partial charge in [-0.3, -0.25) is 9.59 Å². The van der Waals surface area contributed by atoms with Crippen LogP contribution in [0.5, 0.6) is 0 Å². The van der Waals surface area contributed by atoms with Crippen molar-refractivity contribution in [1.82, 2.24) is 15.0 Å². The Kier molecular flexibility index (Phi) is 3.69. The van der Waals surface area contributed by atoms with Gasteiger partial charge in [0.05, 0.1) is 12.5 Å². The Morgan fingerprint density at radius 2 is 2.29 bits per heavy atom. The molecule has 2 fully saturated rings. The maximum atomic E-state index is 12.4. The molecule has 2 heterocycles. The number of aromatic nitrogens is 1. The predicted molar refractivity (Wildman–Crippen MR) is 75.1 cm³/mol. The molecule has 0 aromatic carbocycles. The van der Waals surface area contributed by atoms with Gasteiger partial charge in [0.25, 0.3) is 0 Å². The molecular formula is C15H21N3O3. The lowest BCUT2D eigenvalue weighted by Gasteiger charge is -2.20. The van der Waals surface area contributed by atoms with Gasteiger partial charge >= 0.3 is 0 Å². The third-order valence-electron chi connectivity index (χ3n) is 4.19. The highest BCUT2D eigenvalue weighted by Crippen LogP contribution is 2.32. The molecule has 1 saturated carbocycles. The van der Waals surface area contributed by atoms with E-state index in [1.807, 2.05) is 17.9 Å². The fourth-order valence-electron chi connectivity index (χ4n) is 2.85. The molecule has 0 N–H and O–H groups in total. The first kappa shape index (κ1) is 14.1. The minimum Gasteiger partial charge on any atom is -0.361 e. The minimum absolute atomic E-state index is 0.0160. The van der Waals surface area contributed by atoms with Crippen LogP contribution in [-0.2, 0) is 16.1 Å². The van der Waals surface area contributed by atoms with Crippen molar-refractivity contribution in [3.8, 4) is 0 Å². The van der Waals surface area contributed by atoms with Crippen LogP contribution in [0.15, 0.2) is 10.6 Å². The van der Waals surface area contributed by atoms with E-state index < -0.39 is 0 Å². The lowest BCUT2D eigenvalue weighted by atomic mass is 10.1. The number of carbonyl (C=O) groups excluding carboxylic acids is 2. The van der Waals surface area contributed by atoms with Crippen molar-refractivity contribution in [2.75, 3.05) is 20.1 Å². The lowest BCUT2D eigenvalue weighted by Crippen LogP contribution is -2.34. The Bertz CT molecular complexity index is 550.